The first-order chi connectivity index (χ1) is 9.09. The van der Waals surface area contributed by atoms with E-state index in [1.165, 1.54) is 32.1 Å². The van der Waals surface area contributed by atoms with E-state index in [4.69, 9.17) is 0 Å². The molecule has 1 aliphatic carbocycles. The predicted octanol–water partition coefficient (Wildman–Crippen LogP) is 3.15. The second kappa shape index (κ2) is 8.96. The minimum absolute atomic E-state index is 0.285. The van der Waals surface area contributed by atoms with E-state index >= 15 is 0 Å². The highest BCUT2D eigenvalue weighted by Gasteiger charge is 2.24. The van der Waals surface area contributed by atoms with E-state index in [2.05, 4.69) is 12.2 Å². The zero-order valence-corrected chi connectivity index (χ0v) is 13.5. The fourth-order valence-electron chi connectivity index (χ4n) is 3.02. The smallest absolute Gasteiger partial charge is 0.150 e. The second-order valence-electron chi connectivity index (χ2n) is 5.84. The summed E-state index contributed by atoms with van der Waals surface area (Å²) in [7, 11) is -2.77. The maximum absolute atomic E-state index is 11.5. The van der Waals surface area contributed by atoms with E-state index in [-0.39, 0.29) is 5.75 Å². The summed E-state index contributed by atoms with van der Waals surface area (Å²) in [5.74, 6) is 1.48. The molecule has 0 bridgehead atoms. The van der Waals surface area contributed by atoms with Crippen LogP contribution in [0.3, 0.4) is 0 Å². The molecule has 0 spiro atoms. The van der Waals surface area contributed by atoms with Crippen LogP contribution in [0.5, 0.6) is 0 Å². The van der Waals surface area contributed by atoms with Gasteiger partial charge >= 0.3 is 0 Å². The molecule has 0 saturated heterocycles. The maximum Gasteiger partial charge on any atom is 0.150 e. The molecule has 1 saturated carbocycles. The van der Waals surface area contributed by atoms with Gasteiger partial charge in [-0.3, -0.25) is 0 Å². The lowest BCUT2D eigenvalue weighted by Crippen LogP contribution is -2.35. The second-order valence-corrected chi connectivity index (χ2v) is 8.31. The number of sulfone groups is 1. The molecular formula is C15H31NO2S. The van der Waals surface area contributed by atoms with Crippen LogP contribution in [0.2, 0.25) is 0 Å². The van der Waals surface area contributed by atoms with Crippen LogP contribution in [-0.2, 0) is 9.84 Å². The van der Waals surface area contributed by atoms with Crippen molar-refractivity contribution in [2.75, 3.05) is 18.1 Å². The SMILES string of the molecule is CCCNC(CCCCS(=O)(=O)CC)C1CCCC1. The minimum Gasteiger partial charge on any atom is -0.314 e. The molecule has 0 heterocycles. The van der Waals surface area contributed by atoms with Crippen molar-refractivity contribution in [1.82, 2.24) is 5.32 Å². The third kappa shape index (κ3) is 6.75. The standard InChI is InChI=1S/C15H31NO2S/c1-3-12-16-15(14-9-5-6-10-14)11-7-8-13-19(17,18)4-2/h14-16H,3-13H2,1-2H3. The van der Waals surface area contributed by atoms with E-state index in [0.717, 1.165) is 31.7 Å². The lowest BCUT2D eigenvalue weighted by atomic mass is 9.93. The Morgan fingerprint density at radius 1 is 1.16 bits per heavy atom. The third-order valence-electron chi connectivity index (χ3n) is 4.29. The van der Waals surface area contributed by atoms with Gasteiger partial charge in [-0.05, 0) is 44.6 Å². The van der Waals surface area contributed by atoms with Gasteiger partial charge in [0.1, 0.15) is 9.84 Å². The molecule has 1 N–H and O–H groups in total. The van der Waals surface area contributed by atoms with Crippen LogP contribution in [0.15, 0.2) is 0 Å². The van der Waals surface area contributed by atoms with E-state index in [1.54, 1.807) is 6.92 Å². The summed E-state index contributed by atoms with van der Waals surface area (Å²) in [6.45, 7) is 5.03. The molecule has 1 aliphatic rings. The van der Waals surface area contributed by atoms with Crippen molar-refractivity contribution in [1.29, 1.82) is 0 Å². The fraction of sp³-hybridized carbons (Fsp3) is 1.00. The Kier molecular flexibility index (Phi) is 8.00. The van der Waals surface area contributed by atoms with Gasteiger partial charge in [-0.25, -0.2) is 8.42 Å². The van der Waals surface area contributed by atoms with Gasteiger partial charge in [0.15, 0.2) is 0 Å². The van der Waals surface area contributed by atoms with Crippen molar-refractivity contribution >= 4 is 9.84 Å². The molecule has 0 amide bonds. The summed E-state index contributed by atoms with van der Waals surface area (Å²) < 4.78 is 22.9. The van der Waals surface area contributed by atoms with Crippen molar-refractivity contribution in [2.24, 2.45) is 5.92 Å². The van der Waals surface area contributed by atoms with Gasteiger partial charge in [0, 0.05) is 11.8 Å². The quantitative estimate of drug-likeness (QED) is 0.628. The van der Waals surface area contributed by atoms with Crippen molar-refractivity contribution in [3.63, 3.8) is 0 Å². The van der Waals surface area contributed by atoms with E-state index in [1.807, 2.05) is 0 Å². The van der Waals surface area contributed by atoms with Crippen LogP contribution in [0.4, 0.5) is 0 Å². The van der Waals surface area contributed by atoms with Crippen molar-refractivity contribution in [2.45, 2.75) is 71.3 Å². The summed E-state index contributed by atoms with van der Waals surface area (Å²) in [5, 5.41) is 3.67. The Bertz CT molecular complexity index is 321. The molecule has 114 valence electrons. The van der Waals surface area contributed by atoms with Crippen LogP contribution >= 0.6 is 0 Å². The molecule has 0 aromatic rings. The van der Waals surface area contributed by atoms with Gasteiger partial charge in [-0.2, -0.15) is 0 Å². The largest absolute Gasteiger partial charge is 0.314 e. The van der Waals surface area contributed by atoms with Crippen molar-refractivity contribution < 1.29 is 8.42 Å². The molecule has 1 atom stereocenters. The van der Waals surface area contributed by atoms with Crippen LogP contribution < -0.4 is 5.32 Å². The lowest BCUT2D eigenvalue weighted by molar-refractivity contribution is 0.334. The molecule has 0 aromatic carbocycles. The fourth-order valence-corrected chi connectivity index (χ4v) is 3.96. The number of hydrogen-bond acceptors (Lipinski definition) is 3. The molecule has 3 nitrogen and oxygen atoms in total. The Morgan fingerprint density at radius 2 is 1.84 bits per heavy atom. The molecule has 1 fully saturated rings. The maximum atomic E-state index is 11.5. The van der Waals surface area contributed by atoms with Crippen LogP contribution in [0.25, 0.3) is 0 Å². The summed E-state index contributed by atoms with van der Waals surface area (Å²) in [5.41, 5.74) is 0. The van der Waals surface area contributed by atoms with Crippen LogP contribution in [0, 0.1) is 5.92 Å². The average Bonchev–Trinajstić information content (AvgIpc) is 2.92. The Morgan fingerprint density at radius 3 is 2.42 bits per heavy atom. The number of nitrogens with one attached hydrogen (secondary N) is 1. The predicted molar refractivity (Wildman–Crippen MR) is 82.2 cm³/mol. The first-order valence-electron chi connectivity index (χ1n) is 8.03. The van der Waals surface area contributed by atoms with Gasteiger partial charge < -0.3 is 5.32 Å². The van der Waals surface area contributed by atoms with Crippen molar-refractivity contribution in [3.8, 4) is 0 Å². The number of rotatable bonds is 10. The molecule has 0 radical (unpaired) electrons. The minimum atomic E-state index is -2.77. The highest BCUT2D eigenvalue weighted by Crippen LogP contribution is 2.29. The van der Waals surface area contributed by atoms with E-state index < -0.39 is 9.84 Å². The Labute approximate surface area is 119 Å². The Balaban J connectivity index is 2.28. The molecule has 19 heavy (non-hydrogen) atoms. The first-order valence-corrected chi connectivity index (χ1v) is 9.85. The third-order valence-corrected chi connectivity index (χ3v) is 6.08. The molecule has 1 unspecified atom stereocenters. The summed E-state index contributed by atoms with van der Waals surface area (Å²) in [6.07, 6.45) is 9.64. The van der Waals surface area contributed by atoms with Crippen LogP contribution in [-0.4, -0.2) is 32.5 Å². The zero-order chi connectivity index (χ0) is 14.1. The van der Waals surface area contributed by atoms with E-state index in [9.17, 15) is 8.42 Å². The molecular weight excluding hydrogens is 258 g/mol. The van der Waals surface area contributed by atoms with Gasteiger partial charge in [0.2, 0.25) is 0 Å². The van der Waals surface area contributed by atoms with E-state index in [0.29, 0.717) is 11.8 Å². The van der Waals surface area contributed by atoms with Gasteiger partial charge in [-0.1, -0.05) is 33.1 Å². The lowest BCUT2D eigenvalue weighted by Gasteiger charge is -2.24. The van der Waals surface area contributed by atoms with Gasteiger partial charge in [0.05, 0.1) is 5.75 Å². The first kappa shape index (κ1) is 17.0. The van der Waals surface area contributed by atoms with Gasteiger partial charge in [0.25, 0.3) is 0 Å². The highest BCUT2D eigenvalue weighted by molar-refractivity contribution is 7.91. The van der Waals surface area contributed by atoms with Crippen molar-refractivity contribution in [3.05, 3.63) is 0 Å². The van der Waals surface area contributed by atoms with Gasteiger partial charge in [-0.15, -0.1) is 0 Å². The average molecular weight is 289 g/mol. The highest BCUT2D eigenvalue weighted by atomic mass is 32.2. The summed E-state index contributed by atoms with van der Waals surface area (Å²) in [6, 6.07) is 0.617. The molecule has 0 aliphatic heterocycles. The summed E-state index contributed by atoms with van der Waals surface area (Å²) >= 11 is 0. The molecule has 0 aromatic heterocycles. The van der Waals surface area contributed by atoms with Crippen LogP contribution in [0.1, 0.15) is 65.2 Å². The zero-order valence-electron chi connectivity index (χ0n) is 12.7. The normalized spacial score (nSPS) is 18.8. The summed E-state index contributed by atoms with van der Waals surface area (Å²) in [4.78, 5) is 0. The number of hydrogen-bond donors (Lipinski definition) is 1. The molecule has 4 heteroatoms. The topological polar surface area (TPSA) is 46.2 Å². The molecule has 1 rings (SSSR count). The Hall–Kier alpha value is -0.0900. The monoisotopic (exact) mass is 289 g/mol. The number of unbranched alkanes of at least 4 members (excludes halogenated alkanes) is 1.